The molecule has 2 aromatic rings. The molecule has 1 N–H and O–H groups in total. The minimum absolute atomic E-state index is 0.209. The molecule has 0 aromatic carbocycles. The predicted octanol–water partition coefficient (Wildman–Crippen LogP) is 2.56. The van der Waals surface area contributed by atoms with Crippen molar-refractivity contribution >= 4 is 27.5 Å². The van der Waals surface area contributed by atoms with Crippen LogP contribution in [0.25, 0.3) is 10.2 Å². The molecule has 130 valence electrons. The van der Waals surface area contributed by atoms with Crippen molar-refractivity contribution in [3.63, 3.8) is 0 Å². The van der Waals surface area contributed by atoms with Crippen molar-refractivity contribution in [3.8, 4) is 0 Å². The van der Waals surface area contributed by atoms with Crippen molar-refractivity contribution in [2.24, 2.45) is 0 Å². The van der Waals surface area contributed by atoms with E-state index in [1.165, 1.54) is 9.44 Å². The fraction of sp³-hybridized carbons (Fsp3) is 0.588. The number of ether oxygens (including phenoxy) is 1. The lowest BCUT2D eigenvalue weighted by Crippen LogP contribution is -2.33. The van der Waals surface area contributed by atoms with Gasteiger partial charge in [-0.25, -0.2) is 9.78 Å². The van der Waals surface area contributed by atoms with Gasteiger partial charge in [-0.1, -0.05) is 6.92 Å². The van der Waals surface area contributed by atoms with Crippen LogP contribution < -0.4 is 5.56 Å². The zero-order chi connectivity index (χ0) is 17.3. The van der Waals surface area contributed by atoms with E-state index in [0.717, 1.165) is 36.1 Å². The summed E-state index contributed by atoms with van der Waals surface area (Å²) >= 11 is 1.59. The number of hydrogen-bond acceptors (Lipinski definition) is 5. The van der Waals surface area contributed by atoms with Gasteiger partial charge in [-0.3, -0.25) is 9.36 Å². The molecule has 2 aromatic heterocycles. The highest BCUT2D eigenvalue weighted by molar-refractivity contribution is 7.18. The molecule has 1 unspecified atom stereocenters. The minimum atomic E-state index is -0.997. The van der Waals surface area contributed by atoms with Crippen LogP contribution in [0.1, 0.15) is 48.5 Å². The average molecular weight is 350 g/mol. The molecule has 0 saturated carbocycles. The molecule has 0 radical (unpaired) electrons. The summed E-state index contributed by atoms with van der Waals surface area (Å²) in [6.07, 6.45) is 4.84. The summed E-state index contributed by atoms with van der Waals surface area (Å²) in [5.41, 5.74) is 0.880. The number of nitrogens with zero attached hydrogens (tertiary/aromatic N) is 2. The minimum Gasteiger partial charge on any atom is -0.480 e. The maximum absolute atomic E-state index is 13.2. The smallest absolute Gasteiger partial charge is 0.326 e. The summed E-state index contributed by atoms with van der Waals surface area (Å²) in [5, 5.41) is 10.2. The number of rotatable bonds is 6. The number of aromatic nitrogens is 2. The van der Waals surface area contributed by atoms with E-state index in [0.29, 0.717) is 30.7 Å². The van der Waals surface area contributed by atoms with Crippen LogP contribution in [0.5, 0.6) is 0 Å². The molecule has 0 bridgehead atoms. The highest BCUT2D eigenvalue weighted by atomic mass is 32.1. The Bertz CT molecular complexity index is 824. The second-order valence-electron chi connectivity index (χ2n) is 6.10. The van der Waals surface area contributed by atoms with Gasteiger partial charge in [0.25, 0.3) is 5.56 Å². The number of aliphatic carboxylic acids is 1. The third kappa shape index (κ3) is 2.86. The molecule has 1 aliphatic rings. The standard InChI is InChI=1S/C17H22N2O4S/c1-3-11(17(21)22)19-13(8-9-23-2)18-15-14(16(19)20)10-6-4-5-7-12(10)24-15/h11H,3-9H2,1-2H3,(H,21,22). The monoisotopic (exact) mass is 350 g/mol. The van der Waals surface area contributed by atoms with E-state index < -0.39 is 12.0 Å². The van der Waals surface area contributed by atoms with Gasteiger partial charge >= 0.3 is 5.97 Å². The van der Waals surface area contributed by atoms with E-state index >= 15 is 0 Å². The molecule has 0 amide bonds. The van der Waals surface area contributed by atoms with Crippen molar-refractivity contribution in [1.29, 1.82) is 0 Å². The molecule has 1 atom stereocenters. The van der Waals surface area contributed by atoms with E-state index in [1.54, 1.807) is 25.4 Å². The molecule has 0 aliphatic heterocycles. The van der Waals surface area contributed by atoms with E-state index in [2.05, 4.69) is 4.98 Å². The average Bonchev–Trinajstić information content (AvgIpc) is 2.94. The molecule has 2 heterocycles. The molecule has 0 spiro atoms. The molecule has 3 rings (SSSR count). The van der Waals surface area contributed by atoms with Crippen LogP contribution in [0.15, 0.2) is 4.79 Å². The van der Waals surface area contributed by atoms with Gasteiger partial charge in [0, 0.05) is 18.4 Å². The maximum Gasteiger partial charge on any atom is 0.326 e. The lowest BCUT2D eigenvalue weighted by Gasteiger charge is -2.18. The molecule has 24 heavy (non-hydrogen) atoms. The normalized spacial score (nSPS) is 15.4. The summed E-state index contributed by atoms with van der Waals surface area (Å²) < 4.78 is 6.49. The number of methoxy groups -OCH3 is 1. The Morgan fingerprint density at radius 1 is 1.42 bits per heavy atom. The van der Waals surface area contributed by atoms with Crippen LogP contribution in [-0.2, 0) is 28.8 Å². The Balaban J connectivity index is 2.27. The fourth-order valence-electron chi connectivity index (χ4n) is 3.42. The second kappa shape index (κ2) is 7.03. The van der Waals surface area contributed by atoms with E-state index in [1.807, 2.05) is 0 Å². The van der Waals surface area contributed by atoms with Gasteiger partial charge in [-0.2, -0.15) is 0 Å². The summed E-state index contributed by atoms with van der Waals surface area (Å²) in [4.78, 5) is 31.5. The van der Waals surface area contributed by atoms with E-state index in [9.17, 15) is 14.7 Å². The first-order valence-electron chi connectivity index (χ1n) is 8.35. The predicted molar refractivity (Wildman–Crippen MR) is 93.1 cm³/mol. The van der Waals surface area contributed by atoms with Crippen molar-refractivity contribution in [2.75, 3.05) is 13.7 Å². The Hall–Kier alpha value is -1.73. The van der Waals surface area contributed by atoms with Crippen LogP contribution in [-0.4, -0.2) is 34.3 Å². The number of carbonyl (C=O) groups is 1. The quantitative estimate of drug-likeness (QED) is 0.866. The van der Waals surface area contributed by atoms with Crippen molar-refractivity contribution in [1.82, 2.24) is 9.55 Å². The third-order valence-corrected chi connectivity index (χ3v) is 5.79. The number of fused-ring (bicyclic) bond motifs is 3. The van der Waals surface area contributed by atoms with E-state index in [-0.39, 0.29) is 5.56 Å². The summed E-state index contributed by atoms with van der Waals surface area (Å²) in [5.74, 6) is -0.495. The van der Waals surface area contributed by atoms with Gasteiger partial charge in [0.1, 0.15) is 16.7 Å². The second-order valence-corrected chi connectivity index (χ2v) is 7.18. The largest absolute Gasteiger partial charge is 0.480 e. The highest BCUT2D eigenvalue weighted by Crippen LogP contribution is 2.34. The SMILES string of the molecule is CCC(C(=O)O)n1c(CCOC)nc2sc3c(c2c1=O)CCCC3. The highest BCUT2D eigenvalue weighted by Gasteiger charge is 2.27. The summed E-state index contributed by atoms with van der Waals surface area (Å²) in [6, 6.07) is -0.889. The van der Waals surface area contributed by atoms with Gasteiger partial charge < -0.3 is 9.84 Å². The molecule has 7 heteroatoms. The number of carboxylic acid groups (broad SMARTS) is 1. The first-order chi connectivity index (χ1) is 11.6. The molecule has 0 fully saturated rings. The fourth-order valence-corrected chi connectivity index (χ4v) is 4.69. The number of carboxylic acids is 1. The Morgan fingerprint density at radius 2 is 2.17 bits per heavy atom. The first-order valence-corrected chi connectivity index (χ1v) is 9.17. The van der Waals surface area contributed by atoms with Crippen LogP contribution in [0.4, 0.5) is 0 Å². The zero-order valence-corrected chi connectivity index (χ0v) is 14.8. The van der Waals surface area contributed by atoms with Crippen molar-refractivity contribution < 1.29 is 14.6 Å². The number of aryl methyl sites for hydroxylation is 2. The van der Waals surface area contributed by atoms with Gasteiger partial charge in [-0.05, 0) is 37.7 Å². The molecular formula is C17H22N2O4S. The van der Waals surface area contributed by atoms with Crippen LogP contribution in [0.2, 0.25) is 0 Å². The third-order valence-electron chi connectivity index (χ3n) is 4.61. The molecule has 6 nitrogen and oxygen atoms in total. The molecule has 0 saturated heterocycles. The van der Waals surface area contributed by atoms with Gasteiger partial charge in [-0.15, -0.1) is 11.3 Å². The lowest BCUT2D eigenvalue weighted by molar-refractivity contribution is -0.141. The molecular weight excluding hydrogens is 328 g/mol. The van der Waals surface area contributed by atoms with Crippen molar-refractivity contribution in [2.45, 2.75) is 51.5 Å². The number of hydrogen-bond donors (Lipinski definition) is 1. The zero-order valence-electron chi connectivity index (χ0n) is 14.0. The molecule has 1 aliphatic carbocycles. The topological polar surface area (TPSA) is 81.4 Å². The first kappa shape index (κ1) is 17.1. The maximum atomic E-state index is 13.2. The Morgan fingerprint density at radius 3 is 2.83 bits per heavy atom. The van der Waals surface area contributed by atoms with Gasteiger partial charge in [0.15, 0.2) is 0 Å². The lowest BCUT2D eigenvalue weighted by atomic mass is 9.97. The van der Waals surface area contributed by atoms with Crippen LogP contribution >= 0.6 is 11.3 Å². The Kier molecular flexibility index (Phi) is 5.01. The van der Waals surface area contributed by atoms with Crippen molar-refractivity contribution in [3.05, 3.63) is 26.6 Å². The van der Waals surface area contributed by atoms with Gasteiger partial charge in [0.2, 0.25) is 0 Å². The Labute approximate surface area is 144 Å². The van der Waals surface area contributed by atoms with Gasteiger partial charge in [0.05, 0.1) is 12.0 Å². The summed E-state index contributed by atoms with van der Waals surface area (Å²) in [7, 11) is 1.58. The van der Waals surface area contributed by atoms with Crippen LogP contribution in [0.3, 0.4) is 0 Å². The number of thiophene rings is 1. The van der Waals surface area contributed by atoms with E-state index in [4.69, 9.17) is 4.74 Å². The summed E-state index contributed by atoms with van der Waals surface area (Å²) in [6.45, 7) is 2.18. The van der Waals surface area contributed by atoms with Crippen LogP contribution in [0, 0.1) is 0 Å².